The molecule has 3 nitrogen and oxygen atoms in total. The Morgan fingerprint density at radius 1 is 1.42 bits per heavy atom. The van der Waals surface area contributed by atoms with Gasteiger partial charge in [0.2, 0.25) is 0 Å². The number of nitrogens with zero attached hydrogens (tertiary/aromatic N) is 2. The molecule has 0 spiro atoms. The highest BCUT2D eigenvalue weighted by molar-refractivity contribution is 9.09. The Labute approximate surface area is 118 Å². The van der Waals surface area contributed by atoms with Crippen LogP contribution in [0.3, 0.4) is 0 Å². The summed E-state index contributed by atoms with van der Waals surface area (Å²) in [7, 11) is 0. The van der Waals surface area contributed by atoms with Crippen LogP contribution < -0.4 is 9.64 Å². The molecule has 0 saturated heterocycles. The topological polar surface area (TPSA) is 25.4 Å². The molecule has 0 fully saturated rings. The van der Waals surface area contributed by atoms with Crippen molar-refractivity contribution in [2.45, 2.75) is 19.5 Å². The fourth-order valence-corrected chi connectivity index (χ4v) is 1.95. The number of alkyl halides is 4. The minimum atomic E-state index is -4.28. The van der Waals surface area contributed by atoms with Crippen molar-refractivity contribution in [1.82, 2.24) is 4.98 Å². The maximum Gasteiger partial charge on any atom is 0.405 e. The summed E-state index contributed by atoms with van der Waals surface area (Å²) in [6.45, 7) is 1.55. The van der Waals surface area contributed by atoms with Gasteiger partial charge in [-0.3, -0.25) is 0 Å². The van der Waals surface area contributed by atoms with E-state index >= 15 is 0 Å². The van der Waals surface area contributed by atoms with Crippen molar-refractivity contribution < 1.29 is 17.9 Å². The molecule has 0 saturated carbocycles. The second kappa shape index (κ2) is 7.57. The first-order valence-corrected chi connectivity index (χ1v) is 7.05. The fraction of sp³-hybridized carbons (Fsp3) is 0.583. The van der Waals surface area contributed by atoms with Crippen molar-refractivity contribution >= 4 is 21.7 Å². The second-order valence-corrected chi connectivity index (χ2v) is 4.69. The highest BCUT2D eigenvalue weighted by Gasteiger charge is 2.32. The highest BCUT2D eigenvalue weighted by Crippen LogP contribution is 2.28. The van der Waals surface area contributed by atoms with Crippen LogP contribution in [0.15, 0.2) is 18.3 Å². The molecule has 1 aromatic rings. The molecule has 0 aliphatic rings. The van der Waals surface area contributed by atoms with Gasteiger partial charge in [-0.05, 0) is 18.6 Å². The van der Waals surface area contributed by atoms with Crippen LogP contribution in [0.5, 0.6) is 5.75 Å². The van der Waals surface area contributed by atoms with E-state index in [0.717, 1.165) is 6.42 Å². The van der Waals surface area contributed by atoms with Crippen LogP contribution in [0.25, 0.3) is 0 Å². The summed E-state index contributed by atoms with van der Waals surface area (Å²) in [6.07, 6.45) is -2.03. The van der Waals surface area contributed by atoms with Crippen molar-refractivity contribution in [3.05, 3.63) is 18.3 Å². The predicted octanol–water partition coefficient (Wildman–Crippen LogP) is 3.63. The molecule has 1 rings (SSSR count). The van der Waals surface area contributed by atoms with Gasteiger partial charge in [-0.2, -0.15) is 13.2 Å². The molecule has 7 heteroatoms. The van der Waals surface area contributed by atoms with E-state index in [2.05, 4.69) is 20.9 Å². The standard InChI is InChI=1S/C12H16BrF3N2O/c1-2-8-19-10-4-3-6-17-11(10)18(7-5-13)9-12(14,15)16/h3-4,6H,2,5,7-9H2,1H3. The van der Waals surface area contributed by atoms with E-state index in [1.54, 1.807) is 12.1 Å². The highest BCUT2D eigenvalue weighted by atomic mass is 79.9. The van der Waals surface area contributed by atoms with E-state index < -0.39 is 12.7 Å². The van der Waals surface area contributed by atoms with Gasteiger partial charge in [0.1, 0.15) is 6.54 Å². The SMILES string of the molecule is CCCOc1cccnc1N(CCBr)CC(F)(F)F. The molecule has 0 amide bonds. The third-order valence-corrected chi connectivity index (χ3v) is 2.59. The van der Waals surface area contributed by atoms with Crippen LogP contribution in [0.2, 0.25) is 0 Å². The van der Waals surface area contributed by atoms with Gasteiger partial charge in [-0.1, -0.05) is 22.9 Å². The van der Waals surface area contributed by atoms with Gasteiger partial charge >= 0.3 is 6.18 Å². The molecule has 0 aromatic carbocycles. The lowest BCUT2D eigenvalue weighted by Crippen LogP contribution is -2.36. The zero-order valence-electron chi connectivity index (χ0n) is 10.6. The predicted molar refractivity (Wildman–Crippen MR) is 72.1 cm³/mol. The van der Waals surface area contributed by atoms with Crippen LogP contribution in [0, 0.1) is 0 Å². The quantitative estimate of drug-likeness (QED) is 0.708. The molecule has 0 atom stereocenters. The molecule has 0 unspecified atom stereocenters. The molecule has 0 radical (unpaired) electrons. The minimum Gasteiger partial charge on any atom is -0.490 e. The lowest BCUT2D eigenvalue weighted by molar-refractivity contribution is -0.119. The van der Waals surface area contributed by atoms with Crippen LogP contribution in [-0.4, -0.2) is 36.2 Å². The van der Waals surface area contributed by atoms with Crippen LogP contribution in [0.4, 0.5) is 19.0 Å². The lowest BCUT2D eigenvalue weighted by atomic mass is 10.3. The summed E-state index contributed by atoms with van der Waals surface area (Å²) in [5.41, 5.74) is 0. The number of rotatable bonds is 7. The number of pyridine rings is 1. The first-order valence-electron chi connectivity index (χ1n) is 5.93. The molecule has 19 heavy (non-hydrogen) atoms. The average Bonchev–Trinajstić information content (AvgIpc) is 2.34. The van der Waals surface area contributed by atoms with Gasteiger partial charge in [-0.25, -0.2) is 4.98 Å². The van der Waals surface area contributed by atoms with Crippen LogP contribution in [-0.2, 0) is 0 Å². The maximum atomic E-state index is 12.6. The van der Waals surface area contributed by atoms with Gasteiger partial charge in [-0.15, -0.1) is 0 Å². The number of halogens is 4. The average molecular weight is 341 g/mol. The fourth-order valence-electron chi connectivity index (χ4n) is 1.52. The number of aromatic nitrogens is 1. The van der Waals surface area contributed by atoms with E-state index in [1.165, 1.54) is 11.1 Å². The zero-order chi connectivity index (χ0) is 14.3. The van der Waals surface area contributed by atoms with Crippen LogP contribution in [0.1, 0.15) is 13.3 Å². The Kier molecular flexibility index (Phi) is 6.41. The second-order valence-electron chi connectivity index (χ2n) is 3.90. The zero-order valence-corrected chi connectivity index (χ0v) is 12.2. The third-order valence-electron chi connectivity index (χ3n) is 2.24. The van der Waals surface area contributed by atoms with Gasteiger partial charge in [0.15, 0.2) is 11.6 Å². The molecular weight excluding hydrogens is 325 g/mol. The Morgan fingerprint density at radius 3 is 2.74 bits per heavy atom. The minimum absolute atomic E-state index is 0.207. The molecule has 1 aromatic heterocycles. The summed E-state index contributed by atoms with van der Waals surface area (Å²) in [5, 5.41) is 0.423. The number of hydrogen-bond acceptors (Lipinski definition) is 3. The van der Waals surface area contributed by atoms with Gasteiger partial charge in [0.05, 0.1) is 6.61 Å². The van der Waals surface area contributed by atoms with E-state index in [1.807, 2.05) is 6.92 Å². The van der Waals surface area contributed by atoms with E-state index in [0.29, 0.717) is 17.7 Å². The molecular formula is C12H16BrF3N2O. The van der Waals surface area contributed by atoms with Crippen molar-refractivity contribution in [2.24, 2.45) is 0 Å². The molecule has 108 valence electrons. The van der Waals surface area contributed by atoms with E-state index in [4.69, 9.17) is 4.74 Å². The molecule has 0 aliphatic heterocycles. The Hall–Kier alpha value is -0.980. The number of hydrogen-bond donors (Lipinski definition) is 0. The molecule has 0 N–H and O–H groups in total. The number of anilines is 1. The normalized spacial score (nSPS) is 11.4. The maximum absolute atomic E-state index is 12.6. The first-order chi connectivity index (χ1) is 8.98. The Morgan fingerprint density at radius 2 is 2.16 bits per heavy atom. The van der Waals surface area contributed by atoms with Crippen molar-refractivity contribution in [3.8, 4) is 5.75 Å². The van der Waals surface area contributed by atoms with Crippen molar-refractivity contribution in [1.29, 1.82) is 0 Å². The van der Waals surface area contributed by atoms with Crippen molar-refractivity contribution in [3.63, 3.8) is 0 Å². The van der Waals surface area contributed by atoms with Gasteiger partial charge in [0, 0.05) is 18.1 Å². The first kappa shape index (κ1) is 16.1. The van der Waals surface area contributed by atoms with Crippen molar-refractivity contribution in [2.75, 3.05) is 29.9 Å². The van der Waals surface area contributed by atoms with Gasteiger partial charge < -0.3 is 9.64 Å². The molecule has 1 heterocycles. The smallest absolute Gasteiger partial charge is 0.405 e. The Balaban J connectivity index is 2.94. The molecule has 0 bridgehead atoms. The largest absolute Gasteiger partial charge is 0.490 e. The number of ether oxygens (including phenoxy) is 1. The Bertz CT molecular complexity index is 387. The van der Waals surface area contributed by atoms with E-state index in [-0.39, 0.29) is 12.4 Å². The van der Waals surface area contributed by atoms with Crippen LogP contribution >= 0.6 is 15.9 Å². The lowest BCUT2D eigenvalue weighted by Gasteiger charge is -2.25. The summed E-state index contributed by atoms with van der Waals surface area (Å²) in [4.78, 5) is 5.18. The summed E-state index contributed by atoms with van der Waals surface area (Å²) in [6, 6.07) is 3.28. The van der Waals surface area contributed by atoms with E-state index in [9.17, 15) is 13.2 Å². The monoisotopic (exact) mass is 340 g/mol. The molecule has 0 aliphatic carbocycles. The summed E-state index contributed by atoms with van der Waals surface area (Å²) < 4.78 is 43.2. The summed E-state index contributed by atoms with van der Waals surface area (Å²) >= 11 is 3.15. The van der Waals surface area contributed by atoms with Gasteiger partial charge in [0.25, 0.3) is 0 Å². The third kappa shape index (κ3) is 5.67. The summed E-state index contributed by atoms with van der Waals surface area (Å²) in [5.74, 6) is 0.613.